The van der Waals surface area contributed by atoms with E-state index in [2.05, 4.69) is 23.0 Å². The number of amides is 1. The highest BCUT2D eigenvalue weighted by Gasteiger charge is 2.21. The van der Waals surface area contributed by atoms with Gasteiger partial charge in [-0.15, -0.1) is 0 Å². The van der Waals surface area contributed by atoms with Crippen LogP contribution in [0.4, 0.5) is 0 Å². The highest BCUT2D eigenvalue weighted by molar-refractivity contribution is 7.71. The van der Waals surface area contributed by atoms with Gasteiger partial charge in [0.2, 0.25) is 0 Å². The van der Waals surface area contributed by atoms with Gasteiger partial charge in [-0.2, -0.15) is 0 Å². The van der Waals surface area contributed by atoms with Crippen molar-refractivity contribution < 1.29 is 4.79 Å². The SMILES string of the molecule is CN1CCN(C(=O)c2ccc3c(=O)n(CCC4=CCCCC4)c(=S)[nH]c3c2)CC1. The van der Waals surface area contributed by atoms with Gasteiger partial charge in [0, 0.05) is 38.3 Å². The lowest BCUT2D eigenvalue weighted by Crippen LogP contribution is -2.47. The van der Waals surface area contributed by atoms with Gasteiger partial charge in [0.05, 0.1) is 10.9 Å². The van der Waals surface area contributed by atoms with Crippen LogP contribution in [0.15, 0.2) is 34.6 Å². The highest BCUT2D eigenvalue weighted by atomic mass is 32.1. The van der Waals surface area contributed by atoms with Crippen LogP contribution in [0.5, 0.6) is 0 Å². The summed E-state index contributed by atoms with van der Waals surface area (Å²) >= 11 is 5.47. The largest absolute Gasteiger partial charge is 0.336 e. The van der Waals surface area contributed by atoms with Crippen molar-refractivity contribution in [3.63, 3.8) is 0 Å². The normalized spacial score (nSPS) is 18.1. The Labute approximate surface area is 175 Å². The number of nitrogens with one attached hydrogen (secondary N) is 1. The molecule has 1 N–H and O–H groups in total. The average Bonchev–Trinajstić information content (AvgIpc) is 2.74. The lowest BCUT2D eigenvalue weighted by Gasteiger charge is -2.32. The number of hydrogen-bond donors (Lipinski definition) is 1. The van der Waals surface area contributed by atoms with Crippen LogP contribution in [0, 0.1) is 4.77 Å². The number of piperazine rings is 1. The van der Waals surface area contributed by atoms with Crippen molar-refractivity contribution in [1.82, 2.24) is 19.4 Å². The van der Waals surface area contributed by atoms with Gasteiger partial charge in [-0.25, -0.2) is 0 Å². The standard InChI is InChI=1S/C22H28N4O2S/c1-24-11-13-25(14-12-24)20(27)17-7-8-18-19(15-17)23-22(29)26(21(18)28)10-9-16-5-3-2-4-6-16/h5,7-8,15H,2-4,6,9-14H2,1H3,(H,23,29). The number of carbonyl (C=O) groups excluding carboxylic acids is 1. The van der Waals surface area contributed by atoms with Gasteiger partial charge in [-0.3, -0.25) is 14.2 Å². The van der Waals surface area contributed by atoms with Crippen molar-refractivity contribution >= 4 is 29.0 Å². The van der Waals surface area contributed by atoms with Crippen molar-refractivity contribution in [3.8, 4) is 0 Å². The minimum atomic E-state index is -0.0845. The van der Waals surface area contributed by atoms with Gasteiger partial charge in [-0.05, 0) is 69.6 Å². The van der Waals surface area contributed by atoms with Gasteiger partial charge in [-0.1, -0.05) is 11.6 Å². The molecule has 0 saturated carbocycles. The number of allylic oxidation sites excluding steroid dienone is 2. The van der Waals surface area contributed by atoms with E-state index in [1.165, 1.54) is 18.4 Å². The summed E-state index contributed by atoms with van der Waals surface area (Å²) in [7, 11) is 2.06. The molecule has 4 rings (SSSR count). The Hall–Kier alpha value is -2.25. The summed E-state index contributed by atoms with van der Waals surface area (Å²) in [5, 5.41) is 0.575. The lowest BCUT2D eigenvalue weighted by molar-refractivity contribution is 0.0664. The summed E-state index contributed by atoms with van der Waals surface area (Å²) in [6, 6.07) is 5.28. The molecule has 1 aliphatic heterocycles. The molecule has 29 heavy (non-hydrogen) atoms. The molecule has 7 heteroatoms. The molecule has 0 atom stereocenters. The van der Waals surface area contributed by atoms with Gasteiger partial charge in [0.1, 0.15) is 0 Å². The fourth-order valence-electron chi connectivity index (χ4n) is 4.17. The number of rotatable bonds is 4. The number of carbonyl (C=O) groups is 1. The van der Waals surface area contributed by atoms with Crippen molar-refractivity contribution in [1.29, 1.82) is 0 Å². The molecule has 0 bridgehead atoms. The van der Waals surface area contributed by atoms with Crippen LogP contribution in [0.1, 0.15) is 42.5 Å². The van der Waals surface area contributed by atoms with E-state index in [0.29, 0.717) is 27.8 Å². The van der Waals surface area contributed by atoms with Gasteiger partial charge in [0.15, 0.2) is 4.77 Å². The van der Waals surface area contributed by atoms with E-state index in [9.17, 15) is 9.59 Å². The van der Waals surface area contributed by atoms with E-state index < -0.39 is 0 Å². The summed E-state index contributed by atoms with van der Waals surface area (Å²) in [6.45, 7) is 3.80. The molecule has 1 aliphatic carbocycles. The molecule has 2 aromatic rings. The Morgan fingerprint density at radius 1 is 1.17 bits per heavy atom. The third kappa shape index (κ3) is 4.36. The minimum absolute atomic E-state index is 0.00716. The molecule has 1 aromatic heterocycles. The predicted molar refractivity (Wildman–Crippen MR) is 118 cm³/mol. The average molecular weight is 413 g/mol. The first-order valence-corrected chi connectivity index (χ1v) is 10.9. The van der Waals surface area contributed by atoms with E-state index in [-0.39, 0.29) is 11.5 Å². The predicted octanol–water partition coefficient (Wildman–Crippen LogP) is 3.34. The van der Waals surface area contributed by atoms with Crippen LogP contribution in [0.3, 0.4) is 0 Å². The van der Waals surface area contributed by atoms with Gasteiger partial charge in [0.25, 0.3) is 11.5 Å². The molecule has 2 heterocycles. The smallest absolute Gasteiger partial charge is 0.262 e. The van der Waals surface area contributed by atoms with Crippen LogP contribution in [0.2, 0.25) is 0 Å². The second kappa shape index (κ2) is 8.63. The molecule has 0 unspecified atom stereocenters. The third-order valence-corrected chi connectivity index (χ3v) is 6.38. The molecule has 1 saturated heterocycles. The molecule has 1 amide bonds. The summed E-state index contributed by atoms with van der Waals surface area (Å²) in [5.74, 6) is 0.00716. The molecule has 1 aromatic carbocycles. The fourth-order valence-corrected chi connectivity index (χ4v) is 4.45. The fraction of sp³-hybridized carbons (Fsp3) is 0.500. The van der Waals surface area contributed by atoms with Crippen LogP contribution >= 0.6 is 12.2 Å². The summed E-state index contributed by atoms with van der Waals surface area (Å²) in [6.07, 6.45) is 7.92. The first-order chi connectivity index (χ1) is 14.0. The van der Waals surface area contributed by atoms with E-state index in [4.69, 9.17) is 12.2 Å². The van der Waals surface area contributed by atoms with Crippen LogP contribution in [-0.4, -0.2) is 58.5 Å². The first kappa shape index (κ1) is 20.0. The Kier molecular flexibility index (Phi) is 5.96. The maximum atomic E-state index is 13.0. The van der Waals surface area contributed by atoms with E-state index >= 15 is 0 Å². The number of fused-ring (bicyclic) bond motifs is 1. The highest BCUT2D eigenvalue weighted by Crippen LogP contribution is 2.21. The second-order valence-corrected chi connectivity index (χ2v) is 8.49. The first-order valence-electron chi connectivity index (χ1n) is 10.5. The van der Waals surface area contributed by atoms with E-state index in [1.54, 1.807) is 22.8 Å². The minimum Gasteiger partial charge on any atom is -0.336 e. The van der Waals surface area contributed by atoms with Gasteiger partial charge >= 0.3 is 0 Å². The number of aromatic nitrogens is 2. The van der Waals surface area contributed by atoms with E-state index in [1.807, 2.05) is 4.90 Å². The Balaban J connectivity index is 1.58. The lowest BCUT2D eigenvalue weighted by atomic mass is 9.97. The topological polar surface area (TPSA) is 61.3 Å². The monoisotopic (exact) mass is 412 g/mol. The van der Waals surface area contributed by atoms with Crippen molar-refractivity contribution in [3.05, 3.63) is 50.5 Å². The zero-order valence-electron chi connectivity index (χ0n) is 16.9. The number of hydrogen-bond acceptors (Lipinski definition) is 4. The Bertz CT molecular complexity index is 1060. The van der Waals surface area contributed by atoms with Crippen molar-refractivity contribution in [2.24, 2.45) is 0 Å². The zero-order valence-corrected chi connectivity index (χ0v) is 17.8. The summed E-state index contributed by atoms with van der Waals surface area (Å²) in [4.78, 5) is 33.1. The summed E-state index contributed by atoms with van der Waals surface area (Å²) < 4.78 is 2.07. The molecule has 0 spiro atoms. The van der Waals surface area contributed by atoms with Crippen molar-refractivity contribution in [2.45, 2.75) is 38.6 Å². The molecule has 1 fully saturated rings. The quantitative estimate of drug-likeness (QED) is 0.618. The molecule has 0 radical (unpaired) electrons. The maximum absolute atomic E-state index is 13.0. The van der Waals surface area contributed by atoms with Crippen LogP contribution in [0.25, 0.3) is 10.9 Å². The Morgan fingerprint density at radius 3 is 2.69 bits per heavy atom. The molecule has 2 aliphatic rings. The van der Waals surface area contributed by atoms with E-state index in [0.717, 1.165) is 45.4 Å². The molecule has 6 nitrogen and oxygen atoms in total. The number of aromatic amines is 1. The molecular weight excluding hydrogens is 384 g/mol. The zero-order chi connectivity index (χ0) is 20.4. The van der Waals surface area contributed by atoms with Gasteiger partial charge < -0.3 is 14.8 Å². The number of H-pyrrole nitrogens is 1. The summed E-state index contributed by atoms with van der Waals surface area (Å²) in [5.41, 5.74) is 2.56. The third-order valence-electron chi connectivity index (χ3n) is 6.06. The van der Waals surface area contributed by atoms with Crippen LogP contribution in [-0.2, 0) is 6.54 Å². The van der Waals surface area contributed by atoms with Crippen LogP contribution < -0.4 is 5.56 Å². The number of likely N-dealkylation sites (N-methyl/N-ethyl adjacent to an activating group) is 1. The number of benzene rings is 1. The number of nitrogens with zero attached hydrogens (tertiary/aromatic N) is 3. The molecule has 154 valence electrons. The second-order valence-electron chi connectivity index (χ2n) is 8.10. The Morgan fingerprint density at radius 2 is 1.97 bits per heavy atom. The molecular formula is C22H28N4O2S. The maximum Gasteiger partial charge on any atom is 0.262 e. The van der Waals surface area contributed by atoms with Crippen molar-refractivity contribution in [2.75, 3.05) is 33.2 Å².